The third kappa shape index (κ3) is 4.19. The van der Waals surface area contributed by atoms with Crippen LogP contribution in [0, 0.1) is 6.92 Å². The molecule has 0 saturated carbocycles. The zero-order valence-electron chi connectivity index (χ0n) is 14.7. The molecule has 2 aromatic rings. The lowest BCUT2D eigenvalue weighted by Crippen LogP contribution is -2.21. The van der Waals surface area contributed by atoms with E-state index in [0.29, 0.717) is 21.3 Å². The molecule has 26 heavy (non-hydrogen) atoms. The first-order valence-corrected chi connectivity index (χ1v) is 9.60. The number of methoxy groups -OCH3 is 1. The molecule has 1 aliphatic rings. The Kier molecular flexibility index (Phi) is 5.84. The summed E-state index contributed by atoms with van der Waals surface area (Å²) in [4.78, 5) is 26.2. The Bertz CT molecular complexity index is 823. The Morgan fingerprint density at radius 1 is 1.23 bits per heavy atom. The number of hydrogen-bond donors (Lipinski definition) is 1. The van der Waals surface area contributed by atoms with Crippen LogP contribution in [0.15, 0.2) is 18.2 Å². The molecule has 0 fully saturated rings. The average Bonchev–Trinajstić information content (AvgIpc) is 3.06. The first-order valence-electron chi connectivity index (χ1n) is 8.40. The summed E-state index contributed by atoms with van der Waals surface area (Å²) < 4.78 is 10.4. The first-order chi connectivity index (χ1) is 12.5. The minimum Gasteiger partial charge on any atom is -0.495 e. The highest BCUT2D eigenvalue weighted by Gasteiger charge is 2.19. The van der Waals surface area contributed by atoms with Crippen LogP contribution < -0.4 is 10.1 Å². The van der Waals surface area contributed by atoms with E-state index in [1.807, 2.05) is 13.0 Å². The van der Waals surface area contributed by atoms with Crippen molar-refractivity contribution >= 4 is 40.5 Å². The summed E-state index contributed by atoms with van der Waals surface area (Å²) >= 11 is 7.52. The summed E-state index contributed by atoms with van der Waals surface area (Å²) in [5, 5.41) is 3.24. The van der Waals surface area contributed by atoms with Crippen LogP contribution in [0.1, 0.15) is 38.5 Å². The molecule has 1 aromatic heterocycles. The van der Waals surface area contributed by atoms with Crippen molar-refractivity contribution in [2.24, 2.45) is 0 Å². The van der Waals surface area contributed by atoms with E-state index in [2.05, 4.69) is 5.32 Å². The van der Waals surface area contributed by atoms with Gasteiger partial charge in [-0.3, -0.25) is 4.79 Å². The Hall–Kier alpha value is -2.05. The standard InChI is InChI=1S/C19H20ClNO4S/c1-11-7-14(15(24-2)9-13(11)20)21-18(22)10-25-19(23)17-8-12-5-3-4-6-16(12)26-17/h7-9H,3-6,10H2,1-2H3,(H,21,22). The van der Waals surface area contributed by atoms with Gasteiger partial charge in [-0.05, 0) is 55.9 Å². The fourth-order valence-corrected chi connectivity index (χ4v) is 4.21. The van der Waals surface area contributed by atoms with E-state index >= 15 is 0 Å². The molecule has 7 heteroatoms. The minimum atomic E-state index is -0.459. The van der Waals surface area contributed by atoms with Crippen molar-refractivity contribution in [3.63, 3.8) is 0 Å². The first kappa shape index (κ1) is 18.7. The van der Waals surface area contributed by atoms with Gasteiger partial charge in [0.25, 0.3) is 5.91 Å². The molecule has 138 valence electrons. The molecule has 5 nitrogen and oxygen atoms in total. The molecule has 1 heterocycles. The molecule has 1 aromatic carbocycles. The van der Waals surface area contributed by atoms with Gasteiger partial charge in [0.1, 0.15) is 10.6 Å². The lowest BCUT2D eigenvalue weighted by molar-refractivity contribution is -0.119. The normalized spacial score (nSPS) is 13.0. The topological polar surface area (TPSA) is 64.6 Å². The van der Waals surface area contributed by atoms with Gasteiger partial charge in [-0.1, -0.05) is 11.6 Å². The molecular formula is C19H20ClNO4S. The molecule has 1 amide bonds. The number of carbonyl (C=O) groups excluding carboxylic acids is 2. The van der Waals surface area contributed by atoms with Crippen LogP contribution in [0.4, 0.5) is 5.69 Å². The summed E-state index contributed by atoms with van der Waals surface area (Å²) in [6.07, 6.45) is 4.34. The lowest BCUT2D eigenvalue weighted by Gasteiger charge is -2.12. The minimum absolute atomic E-state index is 0.355. The van der Waals surface area contributed by atoms with Gasteiger partial charge in [-0.2, -0.15) is 0 Å². The molecule has 0 aliphatic heterocycles. The SMILES string of the molecule is COc1cc(Cl)c(C)cc1NC(=O)COC(=O)c1cc2c(s1)CCCC2. The van der Waals surface area contributed by atoms with E-state index in [9.17, 15) is 9.59 Å². The van der Waals surface area contributed by atoms with Crippen molar-refractivity contribution in [2.75, 3.05) is 19.0 Å². The predicted octanol–water partition coefficient (Wildman–Crippen LogP) is 4.39. The molecule has 0 spiro atoms. The quantitative estimate of drug-likeness (QED) is 0.765. The summed E-state index contributed by atoms with van der Waals surface area (Å²) in [7, 11) is 1.50. The van der Waals surface area contributed by atoms with Crippen LogP contribution in [-0.2, 0) is 22.4 Å². The van der Waals surface area contributed by atoms with Crippen LogP contribution in [0.25, 0.3) is 0 Å². The average molecular weight is 394 g/mol. The molecule has 0 radical (unpaired) electrons. The number of hydrogen-bond acceptors (Lipinski definition) is 5. The van der Waals surface area contributed by atoms with Gasteiger partial charge in [0.2, 0.25) is 0 Å². The predicted molar refractivity (Wildman–Crippen MR) is 103 cm³/mol. The van der Waals surface area contributed by atoms with Crippen LogP contribution in [0.2, 0.25) is 5.02 Å². The van der Waals surface area contributed by atoms with Crippen molar-refractivity contribution in [1.82, 2.24) is 0 Å². The number of benzene rings is 1. The molecular weight excluding hydrogens is 374 g/mol. The molecule has 0 bridgehead atoms. The van der Waals surface area contributed by atoms with E-state index in [1.165, 1.54) is 28.9 Å². The van der Waals surface area contributed by atoms with Gasteiger partial charge in [-0.25, -0.2) is 4.79 Å². The second-order valence-corrected chi connectivity index (χ2v) is 7.74. The summed E-state index contributed by atoms with van der Waals surface area (Å²) in [5.41, 5.74) is 2.53. The van der Waals surface area contributed by atoms with Gasteiger partial charge in [0, 0.05) is 16.0 Å². The third-order valence-electron chi connectivity index (χ3n) is 4.29. The zero-order valence-corrected chi connectivity index (χ0v) is 16.3. The Morgan fingerprint density at radius 3 is 2.73 bits per heavy atom. The molecule has 1 N–H and O–H groups in total. The van der Waals surface area contributed by atoms with Gasteiger partial charge in [-0.15, -0.1) is 11.3 Å². The molecule has 0 unspecified atom stereocenters. The van der Waals surface area contributed by atoms with E-state index in [1.54, 1.807) is 12.1 Å². The lowest BCUT2D eigenvalue weighted by atomic mass is 9.99. The van der Waals surface area contributed by atoms with E-state index in [-0.39, 0.29) is 6.61 Å². The highest BCUT2D eigenvalue weighted by Crippen LogP contribution is 2.31. The number of carbonyl (C=O) groups is 2. The highest BCUT2D eigenvalue weighted by atomic mass is 35.5. The van der Waals surface area contributed by atoms with Crippen LogP contribution in [-0.4, -0.2) is 25.6 Å². The molecule has 1 aliphatic carbocycles. The maximum Gasteiger partial charge on any atom is 0.348 e. The smallest absolute Gasteiger partial charge is 0.348 e. The monoisotopic (exact) mass is 393 g/mol. The summed E-state index contributed by atoms with van der Waals surface area (Å²) in [6, 6.07) is 5.24. The van der Waals surface area contributed by atoms with Gasteiger partial charge < -0.3 is 14.8 Å². The fraction of sp³-hybridized carbons (Fsp3) is 0.368. The van der Waals surface area contributed by atoms with Crippen molar-refractivity contribution in [3.8, 4) is 5.75 Å². The number of ether oxygens (including phenoxy) is 2. The van der Waals surface area contributed by atoms with Crippen molar-refractivity contribution < 1.29 is 19.1 Å². The maximum atomic E-state index is 12.2. The number of esters is 1. The molecule has 3 rings (SSSR count). The maximum absolute atomic E-state index is 12.2. The number of aryl methyl sites for hydroxylation is 3. The summed E-state index contributed by atoms with van der Waals surface area (Å²) in [5.74, 6) is -0.440. The number of anilines is 1. The number of halogens is 1. The van der Waals surface area contributed by atoms with Gasteiger partial charge >= 0.3 is 5.97 Å². The van der Waals surface area contributed by atoms with Crippen molar-refractivity contribution in [3.05, 3.63) is 44.1 Å². The largest absolute Gasteiger partial charge is 0.495 e. The number of amides is 1. The number of nitrogens with one attached hydrogen (secondary N) is 1. The number of rotatable bonds is 5. The van der Waals surface area contributed by atoms with Crippen LogP contribution >= 0.6 is 22.9 Å². The number of fused-ring (bicyclic) bond motifs is 1. The number of thiophene rings is 1. The van der Waals surface area contributed by atoms with E-state index in [4.69, 9.17) is 21.1 Å². The van der Waals surface area contributed by atoms with Gasteiger partial charge in [0.05, 0.1) is 12.8 Å². The Balaban J connectivity index is 1.60. The van der Waals surface area contributed by atoms with E-state index in [0.717, 1.165) is 31.2 Å². The second kappa shape index (κ2) is 8.10. The Labute approximate surface area is 161 Å². The van der Waals surface area contributed by atoms with Crippen molar-refractivity contribution in [1.29, 1.82) is 0 Å². The molecule has 0 atom stereocenters. The second-order valence-electron chi connectivity index (χ2n) is 6.19. The fourth-order valence-electron chi connectivity index (χ4n) is 2.91. The zero-order chi connectivity index (χ0) is 18.7. The highest BCUT2D eigenvalue weighted by molar-refractivity contribution is 7.14. The Morgan fingerprint density at radius 2 is 2.00 bits per heavy atom. The van der Waals surface area contributed by atoms with Crippen LogP contribution in [0.3, 0.4) is 0 Å². The molecule has 0 saturated heterocycles. The van der Waals surface area contributed by atoms with Crippen LogP contribution in [0.5, 0.6) is 5.75 Å². The van der Waals surface area contributed by atoms with Crippen molar-refractivity contribution in [2.45, 2.75) is 32.6 Å². The third-order valence-corrected chi connectivity index (χ3v) is 5.91. The van der Waals surface area contributed by atoms with E-state index < -0.39 is 11.9 Å². The summed E-state index contributed by atoms with van der Waals surface area (Å²) in [6.45, 7) is 1.47. The van der Waals surface area contributed by atoms with Gasteiger partial charge in [0.15, 0.2) is 6.61 Å².